The highest BCUT2D eigenvalue weighted by Crippen LogP contribution is 2.32. The highest BCUT2D eigenvalue weighted by molar-refractivity contribution is 5.88. The van der Waals surface area contributed by atoms with E-state index in [1.165, 1.54) is 7.05 Å². The molecule has 3 amide bonds. The van der Waals surface area contributed by atoms with E-state index in [1.54, 1.807) is 17.0 Å². The molecule has 1 unspecified atom stereocenters. The van der Waals surface area contributed by atoms with E-state index in [9.17, 15) is 14.4 Å². The first-order valence-electron chi connectivity index (χ1n) is 7.80. The van der Waals surface area contributed by atoms with Crippen molar-refractivity contribution < 1.29 is 19.1 Å². The van der Waals surface area contributed by atoms with Crippen molar-refractivity contribution in [1.82, 2.24) is 16.0 Å². The first-order valence-corrected chi connectivity index (χ1v) is 7.80. The number of hydrogen-bond acceptors (Lipinski definition) is 5. The van der Waals surface area contributed by atoms with Crippen molar-refractivity contribution in [2.75, 3.05) is 38.1 Å². The molecule has 3 N–H and O–H groups in total. The van der Waals surface area contributed by atoms with E-state index in [2.05, 4.69) is 16.0 Å². The van der Waals surface area contributed by atoms with Crippen LogP contribution in [-0.2, 0) is 14.4 Å². The van der Waals surface area contributed by atoms with Gasteiger partial charge in [0, 0.05) is 13.6 Å². The minimum absolute atomic E-state index is 0.0350. The average molecular weight is 334 g/mol. The van der Waals surface area contributed by atoms with Crippen LogP contribution in [0.25, 0.3) is 0 Å². The van der Waals surface area contributed by atoms with Gasteiger partial charge in [-0.1, -0.05) is 12.1 Å². The van der Waals surface area contributed by atoms with Crippen LogP contribution < -0.4 is 25.6 Å². The van der Waals surface area contributed by atoms with Gasteiger partial charge < -0.3 is 25.6 Å². The molecule has 0 bridgehead atoms. The lowest BCUT2D eigenvalue weighted by Crippen LogP contribution is -2.51. The number of benzene rings is 1. The Morgan fingerprint density at radius 1 is 1.21 bits per heavy atom. The summed E-state index contributed by atoms with van der Waals surface area (Å²) in [5.41, 5.74) is 0.741. The van der Waals surface area contributed by atoms with Crippen LogP contribution in [0.4, 0.5) is 5.69 Å². The van der Waals surface area contributed by atoms with Crippen LogP contribution in [0, 0.1) is 0 Å². The molecule has 1 aliphatic rings. The minimum atomic E-state index is -0.693. The molecule has 0 aromatic heterocycles. The number of nitrogens with one attached hydrogen (secondary N) is 3. The monoisotopic (exact) mass is 334 g/mol. The molecule has 130 valence electrons. The molecule has 1 aromatic rings. The van der Waals surface area contributed by atoms with Crippen LogP contribution in [0.3, 0.4) is 0 Å². The second-order valence-electron chi connectivity index (χ2n) is 5.30. The van der Waals surface area contributed by atoms with Gasteiger partial charge in [-0.2, -0.15) is 0 Å². The van der Waals surface area contributed by atoms with Gasteiger partial charge in [0.05, 0.1) is 25.3 Å². The Balaban J connectivity index is 2.03. The summed E-state index contributed by atoms with van der Waals surface area (Å²) in [4.78, 5) is 37.2. The van der Waals surface area contributed by atoms with Crippen LogP contribution in [0.15, 0.2) is 24.3 Å². The summed E-state index contributed by atoms with van der Waals surface area (Å²) in [6.07, 6.45) is -0.693. The topological polar surface area (TPSA) is 99.8 Å². The Morgan fingerprint density at radius 2 is 1.96 bits per heavy atom. The third-order valence-corrected chi connectivity index (χ3v) is 3.55. The maximum absolute atomic E-state index is 12.1. The molecule has 0 spiro atoms. The van der Waals surface area contributed by atoms with Crippen LogP contribution in [0.1, 0.15) is 6.92 Å². The number of fused-ring (bicyclic) bond motifs is 1. The van der Waals surface area contributed by atoms with Crippen LogP contribution in [0.5, 0.6) is 5.75 Å². The molecule has 1 aliphatic heterocycles. The Morgan fingerprint density at radius 3 is 2.67 bits per heavy atom. The zero-order chi connectivity index (χ0) is 17.5. The lowest BCUT2D eigenvalue weighted by atomic mass is 10.1. The standard InChI is InChI=1S/C16H22N4O4/c1-3-18-14(21)8-19-15(22)10-20-9-13(16(23)17-2)24-12-7-5-4-6-11(12)20/h4-7,13H,3,8-10H2,1-2H3,(H,17,23)(H,18,21)(H,19,22). The lowest BCUT2D eigenvalue weighted by Gasteiger charge is -2.34. The highest BCUT2D eigenvalue weighted by Gasteiger charge is 2.30. The number of ether oxygens (including phenoxy) is 1. The molecule has 0 saturated carbocycles. The summed E-state index contributed by atoms with van der Waals surface area (Å²) >= 11 is 0. The van der Waals surface area contributed by atoms with E-state index in [-0.39, 0.29) is 37.4 Å². The van der Waals surface area contributed by atoms with Gasteiger partial charge in [-0.3, -0.25) is 14.4 Å². The van der Waals surface area contributed by atoms with E-state index < -0.39 is 6.10 Å². The zero-order valence-corrected chi connectivity index (χ0v) is 13.8. The Bertz CT molecular complexity index is 620. The number of carbonyl (C=O) groups excluding carboxylic acids is 3. The van der Waals surface area contributed by atoms with Gasteiger partial charge in [-0.15, -0.1) is 0 Å². The van der Waals surface area contributed by atoms with Gasteiger partial charge in [0.15, 0.2) is 6.10 Å². The first-order chi connectivity index (χ1) is 11.5. The quantitative estimate of drug-likeness (QED) is 0.636. The lowest BCUT2D eigenvalue weighted by molar-refractivity contribution is -0.128. The van der Waals surface area contributed by atoms with E-state index in [1.807, 2.05) is 19.1 Å². The number of amides is 3. The van der Waals surface area contributed by atoms with Crippen molar-refractivity contribution in [3.8, 4) is 5.75 Å². The molecule has 2 rings (SSSR count). The molecular formula is C16H22N4O4. The van der Waals surface area contributed by atoms with Crippen molar-refractivity contribution in [3.63, 3.8) is 0 Å². The number of carbonyl (C=O) groups is 3. The van der Waals surface area contributed by atoms with Crippen LogP contribution in [-0.4, -0.2) is 57.1 Å². The molecule has 1 atom stereocenters. The largest absolute Gasteiger partial charge is 0.477 e. The average Bonchev–Trinajstić information content (AvgIpc) is 2.59. The normalized spacial score (nSPS) is 15.8. The summed E-state index contributed by atoms with van der Waals surface area (Å²) in [6, 6.07) is 7.22. The van der Waals surface area contributed by atoms with Gasteiger partial charge in [-0.25, -0.2) is 0 Å². The van der Waals surface area contributed by atoms with E-state index in [0.717, 1.165) is 5.69 Å². The van der Waals surface area contributed by atoms with E-state index in [4.69, 9.17) is 4.74 Å². The van der Waals surface area contributed by atoms with Crippen molar-refractivity contribution in [2.45, 2.75) is 13.0 Å². The van der Waals surface area contributed by atoms with Gasteiger partial charge in [0.25, 0.3) is 5.91 Å². The summed E-state index contributed by atoms with van der Waals surface area (Å²) in [5, 5.41) is 7.73. The number of para-hydroxylation sites is 2. The van der Waals surface area contributed by atoms with Crippen molar-refractivity contribution in [3.05, 3.63) is 24.3 Å². The van der Waals surface area contributed by atoms with Crippen molar-refractivity contribution in [1.29, 1.82) is 0 Å². The number of hydrogen-bond donors (Lipinski definition) is 3. The number of likely N-dealkylation sites (N-methyl/N-ethyl adjacent to an activating group) is 2. The molecule has 1 aromatic carbocycles. The minimum Gasteiger partial charge on any atom is -0.477 e. The van der Waals surface area contributed by atoms with Gasteiger partial charge in [0.2, 0.25) is 11.8 Å². The summed E-state index contributed by atoms with van der Waals surface area (Å²) in [5.74, 6) is -0.240. The van der Waals surface area contributed by atoms with Crippen LogP contribution in [0.2, 0.25) is 0 Å². The maximum atomic E-state index is 12.1. The Hall–Kier alpha value is -2.77. The highest BCUT2D eigenvalue weighted by atomic mass is 16.5. The SMILES string of the molecule is CCNC(=O)CNC(=O)CN1CC(C(=O)NC)Oc2ccccc21. The number of nitrogens with zero attached hydrogens (tertiary/aromatic N) is 1. The van der Waals surface area contributed by atoms with Gasteiger partial charge in [0.1, 0.15) is 5.75 Å². The fraction of sp³-hybridized carbons (Fsp3) is 0.438. The number of rotatable bonds is 6. The summed E-state index contributed by atoms with van der Waals surface area (Å²) in [6.45, 7) is 2.54. The smallest absolute Gasteiger partial charge is 0.262 e. The fourth-order valence-corrected chi connectivity index (χ4v) is 2.42. The van der Waals surface area contributed by atoms with Crippen molar-refractivity contribution >= 4 is 23.4 Å². The summed E-state index contributed by atoms with van der Waals surface area (Å²) < 4.78 is 5.68. The number of anilines is 1. The molecule has 0 saturated heterocycles. The second-order valence-corrected chi connectivity index (χ2v) is 5.30. The zero-order valence-electron chi connectivity index (χ0n) is 13.8. The molecule has 24 heavy (non-hydrogen) atoms. The molecule has 0 fully saturated rings. The van der Waals surface area contributed by atoms with Gasteiger partial charge >= 0.3 is 0 Å². The molecule has 1 heterocycles. The molecule has 0 radical (unpaired) electrons. The molecule has 0 aliphatic carbocycles. The van der Waals surface area contributed by atoms with Crippen molar-refractivity contribution in [2.24, 2.45) is 0 Å². The fourth-order valence-electron chi connectivity index (χ4n) is 2.42. The maximum Gasteiger partial charge on any atom is 0.262 e. The Labute approximate surface area is 140 Å². The first kappa shape index (κ1) is 17.6. The third kappa shape index (κ3) is 4.37. The molecular weight excluding hydrogens is 312 g/mol. The predicted octanol–water partition coefficient (Wildman–Crippen LogP) is -0.748. The van der Waals surface area contributed by atoms with E-state index in [0.29, 0.717) is 12.3 Å². The Kier molecular flexibility index (Phi) is 6.00. The van der Waals surface area contributed by atoms with Gasteiger partial charge in [-0.05, 0) is 19.1 Å². The third-order valence-electron chi connectivity index (χ3n) is 3.55. The summed E-state index contributed by atoms with van der Waals surface area (Å²) in [7, 11) is 1.54. The predicted molar refractivity (Wildman–Crippen MR) is 88.8 cm³/mol. The second kappa shape index (κ2) is 8.19. The van der Waals surface area contributed by atoms with E-state index >= 15 is 0 Å². The molecule has 8 heteroatoms. The van der Waals surface area contributed by atoms with Crippen LogP contribution >= 0.6 is 0 Å². The molecule has 8 nitrogen and oxygen atoms in total.